The van der Waals surface area contributed by atoms with Gasteiger partial charge in [-0.2, -0.15) is 0 Å². The molecule has 0 bridgehead atoms. The maximum Gasteiger partial charge on any atom is 0.202 e. The number of rotatable bonds is 3. The first kappa shape index (κ1) is 14.9. The first-order chi connectivity index (χ1) is 9.65. The van der Waals surface area contributed by atoms with Gasteiger partial charge in [-0.25, -0.2) is 0 Å². The second kappa shape index (κ2) is 6.77. The first-order valence-corrected chi connectivity index (χ1v) is 7.31. The molecule has 1 aromatic carbocycles. The van der Waals surface area contributed by atoms with Crippen molar-refractivity contribution in [2.45, 2.75) is 12.8 Å². The molecule has 20 heavy (non-hydrogen) atoms. The lowest BCUT2D eigenvalue weighted by molar-refractivity contribution is -0.111. The topological polar surface area (TPSA) is 35.5 Å². The molecule has 2 rings (SSSR count). The minimum absolute atomic E-state index is 0.0774. The SMILES string of the molecule is COc1ccc(C=C=C2CCC=C(I)C2=O)cc1OC. The standard InChI is InChI=1S/C16H15IO3/c1-19-14-9-7-11(10-15(14)20-2)6-8-12-4-3-5-13(17)16(12)18/h5-7,9-10H,3-4H2,1-2H3. The van der Waals surface area contributed by atoms with Crippen LogP contribution in [0.25, 0.3) is 6.08 Å². The number of hydrogen-bond donors (Lipinski definition) is 0. The molecular formula is C16H15IO3. The van der Waals surface area contributed by atoms with E-state index in [1.807, 2.05) is 30.4 Å². The van der Waals surface area contributed by atoms with E-state index >= 15 is 0 Å². The van der Waals surface area contributed by atoms with Gasteiger partial charge in [0.15, 0.2) is 11.5 Å². The largest absolute Gasteiger partial charge is 0.493 e. The average molecular weight is 382 g/mol. The average Bonchev–Trinajstić information content (AvgIpc) is 2.48. The van der Waals surface area contributed by atoms with Gasteiger partial charge in [0.1, 0.15) is 0 Å². The van der Waals surface area contributed by atoms with Crippen LogP contribution in [0.1, 0.15) is 18.4 Å². The molecule has 0 N–H and O–H groups in total. The summed E-state index contributed by atoms with van der Waals surface area (Å²) in [5.41, 5.74) is 4.76. The van der Waals surface area contributed by atoms with E-state index in [-0.39, 0.29) is 5.78 Å². The molecule has 0 saturated carbocycles. The Kier molecular flexibility index (Phi) is 5.04. The molecule has 1 aliphatic carbocycles. The molecule has 0 radical (unpaired) electrons. The number of halogens is 1. The Morgan fingerprint density at radius 1 is 1.25 bits per heavy atom. The highest BCUT2D eigenvalue weighted by atomic mass is 127. The van der Waals surface area contributed by atoms with Gasteiger partial charge in [0, 0.05) is 5.57 Å². The molecule has 0 amide bonds. The van der Waals surface area contributed by atoms with E-state index in [0.717, 1.165) is 27.6 Å². The third kappa shape index (κ3) is 3.32. The Morgan fingerprint density at radius 3 is 2.70 bits per heavy atom. The monoisotopic (exact) mass is 382 g/mol. The van der Waals surface area contributed by atoms with Crippen molar-refractivity contribution in [3.8, 4) is 11.5 Å². The number of ketones is 1. The molecule has 1 aliphatic rings. The summed E-state index contributed by atoms with van der Waals surface area (Å²) >= 11 is 2.07. The van der Waals surface area contributed by atoms with Crippen molar-refractivity contribution in [3.63, 3.8) is 0 Å². The Balaban J connectivity index is 2.32. The first-order valence-electron chi connectivity index (χ1n) is 6.23. The van der Waals surface area contributed by atoms with E-state index < -0.39 is 0 Å². The Morgan fingerprint density at radius 2 is 2.00 bits per heavy atom. The van der Waals surface area contributed by atoms with Crippen molar-refractivity contribution < 1.29 is 14.3 Å². The smallest absolute Gasteiger partial charge is 0.202 e. The van der Waals surface area contributed by atoms with E-state index in [9.17, 15) is 4.79 Å². The number of benzene rings is 1. The number of carbonyl (C=O) groups is 1. The molecular weight excluding hydrogens is 367 g/mol. The van der Waals surface area contributed by atoms with E-state index in [2.05, 4.69) is 28.3 Å². The maximum absolute atomic E-state index is 11.9. The third-order valence-electron chi connectivity index (χ3n) is 3.03. The summed E-state index contributed by atoms with van der Waals surface area (Å²) in [5.74, 6) is 1.43. The Bertz CT molecular complexity index is 623. The van der Waals surface area contributed by atoms with Crippen molar-refractivity contribution in [1.29, 1.82) is 0 Å². The summed E-state index contributed by atoms with van der Waals surface area (Å²) in [7, 11) is 3.20. The molecule has 4 heteroatoms. The van der Waals surface area contributed by atoms with Crippen LogP contribution >= 0.6 is 22.6 Å². The fraction of sp³-hybridized carbons (Fsp3) is 0.250. The second-order valence-electron chi connectivity index (χ2n) is 4.30. The predicted molar refractivity (Wildman–Crippen MR) is 87.4 cm³/mol. The Labute approximate surface area is 132 Å². The highest BCUT2D eigenvalue weighted by Gasteiger charge is 2.16. The summed E-state index contributed by atoms with van der Waals surface area (Å²) in [6, 6.07) is 5.60. The maximum atomic E-state index is 11.9. The van der Waals surface area contributed by atoms with Crippen molar-refractivity contribution in [2.24, 2.45) is 0 Å². The quantitative estimate of drug-likeness (QED) is 0.452. The highest BCUT2D eigenvalue weighted by Crippen LogP contribution is 2.28. The molecule has 0 heterocycles. The summed E-state index contributed by atoms with van der Waals surface area (Å²) in [6.07, 6.45) is 5.41. The second-order valence-corrected chi connectivity index (χ2v) is 5.46. The van der Waals surface area contributed by atoms with Crippen LogP contribution in [-0.2, 0) is 4.79 Å². The van der Waals surface area contributed by atoms with Crippen molar-refractivity contribution in [3.05, 3.63) is 44.7 Å². The minimum atomic E-state index is 0.0774. The van der Waals surface area contributed by atoms with Gasteiger partial charge in [0.2, 0.25) is 5.78 Å². The molecule has 1 aromatic rings. The Hall–Kier alpha value is -1.52. The number of ether oxygens (including phenoxy) is 2. The molecule has 0 spiro atoms. The number of methoxy groups -OCH3 is 2. The van der Waals surface area contributed by atoms with Crippen LogP contribution in [0.15, 0.2) is 39.2 Å². The van der Waals surface area contributed by atoms with Crippen LogP contribution < -0.4 is 9.47 Å². The molecule has 0 atom stereocenters. The molecule has 0 fully saturated rings. The zero-order valence-corrected chi connectivity index (χ0v) is 13.6. The molecule has 0 saturated heterocycles. The summed E-state index contributed by atoms with van der Waals surface area (Å²) in [4.78, 5) is 11.9. The van der Waals surface area contributed by atoms with Crippen LogP contribution in [0, 0.1) is 0 Å². The molecule has 3 nitrogen and oxygen atoms in total. The minimum Gasteiger partial charge on any atom is -0.493 e. The van der Waals surface area contributed by atoms with Gasteiger partial charge in [-0.15, -0.1) is 5.73 Å². The zero-order chi connectivity index (χ0) is 14.5. The number of carbonyl (C=O) groups excluding carboxylic acids is 1. The van der Waals surface area contributed by atoms with Gasteiger partial charge in [-0.3, -0.25) is 4.79 Å². The van der Waals surface area contributed by atoms with Crippen LogP contribution in [0.3, 0.4) is 0 Å². The van der Waals surface area contributed by atoms with E-state index in [0.29, 0.717) is 11.5 Å². The summed E-state index contributed by atoms with van der Waals surface area (Å²) in [6.45, 7) is 0. The predicted octanol–water partition coefficient (Wildman–Crippen LogP) is 3.92. The zero-order valence-electron chi connectivity index (χ0n) is 11.4. The van der Waals surface area contributed by atoms with Gasteiger partial charge in [-0.1, -0.05) is 12.1 Å². The van der Waals surface area contributed by atoms with Gasteiger partial charge < -0.3 is 9.47 Å². The van der Waals surface area contributed by atoms with Gasteiger partial charge >= 0.3 is 0 Å². The van der Waals surface area contributed by atoms with Crippen LogP contribution in [0.2, 0.25) is 0 Å². The van der Waals surface area contributed by atoms with E-state index in [1.54, 1.807) is 14.2 Å². The summed E-state index contributed by atoms with van der Waals surface area (Å²) in [5, 5.41) is 0. The van der Waals surface area contributed by atoms with E-state index in [1.165, 1.54) is 0 Å². The van der Waals surface area contributed by atoms with Crippen LogP contribution in [-0.4, -0.2) is 20.0 Å². The van der Waals surface area contributed by atoms with Crippen molar-refractivity contribution in [1.82, 2.24) is 0 Å². The van der Waals surface area contributed by atoms with Gasteiger partial charge in [-0.05, 0) is 59.2 Å². The number of hydrogen-bond acceptors (Lipinski definition) is 3. The van der Waals surface area contributed by atoms with Crippen LogP contribution in [0.4, 0.5) is 0 Å². The fourth-order valence-corrected chi connectivity index (χ4v) is 2.58. The van der Waals surface area contributed by atoms with Crippen molar-refractivity contribution >= 4 is 34.5 Å². The van der Waals surface area contributed by atoms with Crippen molar-refractivity contribution in [2.75, 3.05) is 14.2 Å². The summed E-state index contributed by atoms with van der Waals surface area (Å²) < 4.78 is 11.2. The van der Waals surface area contributed by atoms with Gasteiger partial charge in [0.25, 0.3) is 0 Å². The lowest BCUT2D eigenvalue weighted by Crippen LogP contribution is -2.05. The molecule has 0 aromatic heterocycles. The lowest BCUT2D eigenvalue weighted by Gasteiger charge is -2.08. The normalized spacial score (nSPS) is 14.4. The lowest BCUT2D eigenvalue weighted by atomic mass is 10.0. The van der Waals surface area contributed by atoms with Crippen LogP contribution in [0.5, 0.6) is 11.5 Å². The van der Waals surface area contributed by atoms with E-state index in [4.69, 9.17) is 9.47 Å². The highest BCUT2D eigenvalue weighted by molar-refractivity contribution is 14.1. The number of allylic oxidation sites excluding steroid dienone is 3. The van der Waals surface area contributed by atoms with Gasteiger partial charge in [0.05, 0.1) is 17.8 Å². The third-order valence-corrected chi connectivity index (χ3v) is 3.96. The number of Topliss-reactive ketones (excluding diaryl/α,β-unsaturated/α-hetero) is 1. The fourth-order valence-electron chi connectivity index (χ4n) is 1.94. The molecule has 0 unspecified atom stereocenters. The molecule has 104 valence electrons. The molecule has 0 aliphatic heterocycles.